The average molecular weight is 435 g/mol. The van der Waals surface area contributed by atoms with E-state index in [9.17, 15) is 22.8 Å². The van der Waals surface area contributed by atoms with Crippen molar-refractivity contribution in [3.05, 3.63) is 89.0 Å². The van der Waals surface area contributed by atoms with Crippen LogP contribution < -0.4 is 15.4 Å². The summed E-state index contributed by atoms with van der Waals surface area (Å²) in [5, 5.41) is 4.79. The van der Waals surface area contributed by atoms with Crippen LogP contribution in [0.1, 0.15) is 36.6 Å². The number of carbonyl (C=O) groups is 3. The topological polar surface area (TPSA) is 121 Å². The lowest BCUT2D eigenvalue weighted by Gasteiger charge is -2.11. The molecule has 0 spiro atoms. The Morgan fingerprint density at radius 2 is 1.61 bits per heavy atom. The first-order valence-electron chi connectivity index (χ1n) is 9.24. The van der Waals surface area contributed by atoms with Crippen molar-refractivity contribution < 1.29 is 22.8 Å². The predicted molar refractivity (Wildman–Crippen MR) is 115 cm³/mol. The van der Waals surface area contributed by atoms with E-state index in [0.717, 1.165) is 5.56 Å². The van der Waals surface area contributed by atoms with Crippen molar-refractivity contribution in [1.29, 1.82) is 0 Å². The predicted octanol–water partition coefficient (Wildman–Crippen LogP) is 2.93. The van der Waals surface area contributed by atoms with Gasteiger partial charge in [-0.05, 0) is 49.4 Å². The van der Waals surface area contributed by atoms with E-state index in [-0.39, 0.29) is 33.0 Å². The molecule has 0 aliphatic carbocycles. The minimum atomic E-state index is -3.82. The highest BCUT2D eigenvalue weighted by atomic mass is 32.2. The molecule has 1 heterocycles. The highest BCUT2D eigenvalue weighted by molar-refractivity contribution is 7.92. The number of imide groups is 1. The van der Waals surface area contributed by atoms with E-state index in [1.165, 1.54) is 48.5 Å². The normalized spacial score (nSPS) is 12.8. The summed E-state index contributed by atoms with van der Waals surface area (Å²) < 4.78 is 27.6. The Hall–Kier alpha value is -3.98. The molecule has 0 saturated heterocycles. The number of hydrogen-bond donors (Lipinski definition) is 3. The molecule has 3 amide bonds. The van der Waals surface area contributed by atoms with E-state index in [2.05, 4.69) is 15.4 Å². The molecule has 0 bridgehead atoms. The zero-order valence-electron chi connectivity index (χ0n) is 16.3. The van der Waals surface area contributed by atoms with E-state index in [0.29, 0.717) is 0 Å². The fraction of sp³-hybridized carbons (Fsp3) is 0.0455. The van der Waals surface area contributed by atoms with Gasteiger partial charge in [0.25, 0.3) is 27.7 Å². The van der Waals surface area contributed by atoms with Crippen molar-refractivity contribution in [3.63, 3.8) is 0 Å². The first-order valence-corrected chi connectivity index (χ1v) is 10.7. The van der Waals surface area contributed by atoms with Crippen LogP contribution in [-0.4, -0.2) is 26.1 Å². The Kier molecular flexibility index (Phi) is 5.04. The van der Waals surface area contributed by atoms with Crippen molar-refractivity contribution in [2.75, 3.05) is 10.0 Å². The number of fused-ring (bicyclic) bond motifs is 1. The molecule has 9 heteroatoms. The third-order valence-corrected chi connectivity index (χ3v) is 6.12. The maximum Gasteiger partial charge on any atom is 0.261 e. The molecule has 0 atom stereocenters. The van der Waals surface area contributed by atoms with Gasteiger partial charge in [-0.1, -0.05) is 29.8 Å². The SMILES string of the molecule is Cc1ccc(S(=O)(=O)Nc2cccc(C(=O)Nc3cccc4c3C(=O)NC4=O)c2)cc1. The molecule has 3 N–H and O–H groups in total. The van der Waals surface area contributed by atoms with Crippen LogP contribution in [0, 0.1) is 6.92 Å². The van der Waals surface area contributed by atoms with Gasteiger partial charge in [0.1, 0.15) is 0 Å². The van der Waals surface area contributed by atoms with Crippen LogP contribution in [0.15, 0.2) is 71.6 Å². The smallest absolute Gasteiger partial charge is 0.261 e. The lowest BCUT2D eigenvalue weighted by molar-refractivity contribution is 0.0879. The van der Waals surface area contributed by atoms with Gasteiger partial charge in [-0.15, -0.1) is 0 Å². The van der Waals surface area contributed by atoms with Gasteiger partial charge in [0.2, 0.25) is 0 Å². The first kappa shape index (κ1) is 20.3. The van der Waals surface area contributed by atoms with Crippen LogP contribution in [0.4, 0.5) is 11.4 Å². The zero-order chi connectivity index (χ0) is 22.2. The molecule has 3 aromatic carbocycles. The number of amides is 3. The van der Waals surface area contributed by atoms with Gasteiger partial charge in [-0.2, -0.15) is 0 Å². The fourth-order valence-corrected chi connectivity index (χ4v) is 4.22. The number of nitrogens with one attached hydrogen (secondary N) is 3. The minimum Gasteiger partial charge on any atom is -0.321 e. The van der Waals surface area contributed by atoms with Gasteiger partial charge in [-0.25, -0.2) is 8.42 Å². The second-order valence-corrected chi connectivity index (χ2v) is 8.65. The molecule has 31 heavy (non-hydrogen) atoms. The van der Waals surface area contributed by atoms with Crippen LogP contribution in [-0.2, 0) is 10.0 Å². The molecular weight excluding hydrogens is 418 g/mol. The van der Waals surface area contributed by atoms with Crippen LogP contribution >= 0.6 is 0 Å². The van der Waals surface area contributed by atoms with E-state index in [1.807, 2.05) is 6.92 Å². The van der Waals surface area contributed by atoms with Gasteiger partial charge in [-0.3, -0.25) is 24.4 Å². The molecule has 3 aromatic rings. The summed E-state index contributed by atoms with van der Waals surface area (Å²) in [7, 11) is -3.82. The Morgan fingerprint density at radius 1 is 0.903 bits per heavy atom. The molecule has 0 fully saturated rings. The van der Waals surface area contributed by atoms with Crippen molar-refractivity contribution in [2.45, 2.75) is 11.8 Å². The Balaban J connectivity index is 1.57. The van der Waals surface area contributed by atoms with Crippen molar-refractivity contribution in [3.8, 4) is 0 Å². The van der Waals surface area contributed by atoms with Crippen LogP contribution in [0.5, 0.6) is 0 Å². The van der Waals surface area contributed by atoms with Gasteiger partial charge in [0, 0.05) is 11.3 Å². The molecule has 8 nitrogen and oxygen atoms in total. The first-order chi connectivity index (χ1) is 14.7. The summed E-state index contributed by atoms with van der Waals surface area (Å²) >= 11 is 0. The quantitative estimate of drug-likeness (QED) is 0.532. The number of aryl methyl sites for hydroxylation is 1. The van der Waals surface area contributed by atoms with Crippen LogP contribution in [0.2, 0.25) is 0 Å². The second kappa shape index (κ2) is 7.69. The molecule has 156 valence electrons. The Labute approximate surface area is 178 Å². The third-order valence-electron chi connectivity index (χ3n) is 4.72. The van der Waals surface area contributed by atoms with Gasteiger partial charge < -0.3 is 5.32 Å². The number of anilines is 2. The fourth-order valence-electron chi connectivity index (χ4n) is 3.17. The molecule has 0 saturated carbocycles. The van der Waals surface area contributed by atoms with Gasteiger partial charge in [0.05, 0.1) is 21.7 Å². The van der Waals surface area contributed by atoms with E-state index in [1.54, 1.807) is 18.2 Å². The minimum absolute atomic E-state index is 0.0945. The Bertz CT molecular complexity index is 1330. The highest BCUT2D eigenvalue weighted by Crippen LogP contribution is 2.25. The van der Waals surface area contributed by atoms with E-state index >= 15 is 0 Å². The standard InChI is InChI=1S/C22H17N3O5S/c1-13-8-10-16(11-9-13)31(29,30)25-15-5-2-4-14(12-15)20(26)23-18-7-3-6-17-19(18)22(28)24-21(17)27/h2-12,25H,1H3,(H,23,26)(H,24,27,28). The maximum atomic E-state index is 12.7. The van der Waals surface area contributed by atoms with Gasteiger partial charge >= 0.3 is 0 Å². The zero-order valence-corrected chi connectivity index (χ0v) is 17.1. The summed E-state index contributed by atoms with van der Waals surface area (Å²) in [6.45, 7) is 1.85. The number of hydrogen-bond acceptors (Lipinski definition) is 5. The molecule has 0 aromatic heterocycles. The number of benzene rings is 3. The van der Waals surface area contributed by atoms with Crippen molar-refractivity contribution in [1.82, 2.24) is 5.32 Å². The molecular formula is C22H17N3O5S. The molecule has 0 radical (unpaired) electrons. The Morgan fingerprint density at radius 3 is 2.35 bits per heavy atom. The van der Waals surface area contributed by atoms with E-state index in [4.69, 9.17) is 0 Å². The number of carbonyl (C=O) groups excluding carboxylic acids is 3. The number of rotatable bonds is 5. The maximum absolute atomic E-state index is 12.7. The lowest BCUT2D eigenvalue weighted by atomic mass is 10.1. The third kappa shape index (κ3) is 4.03. The average Bonchev–Trinajstić information content (AvgIpc) is 3.03. The lowest BCUT2D eigenvalue weighted by Crippen LogP contribution is -2.21. The molecule has 1 aliphatic rings. The largest absolute Gasteiger partial charge is 0.321 e. The summed E-state index contributed by atoms with van der Waals surface area (Å²) in [5.41, 5.74) is 1.78. The highest BCUT2D eigenvalue weighted by Gasteiger charge is 2.29. The van der Waals surface area contributed by atoms with Gasteiger partial charge in [0.15, 0.2) is 0 Å². The summed E-state index contributed by atoms with van der Waals surface area (Å²) in [6, 6.07) is 16.9. The summed E-state index contributed by atoms with van der Waals surface area (Å²) in [6.07, 6.45) is 0. The van der Waals surface area contributed by atoms with Crippen molar-refractivity contribution >= 4 is 39.1 Å². The van der Waals surface area contributed by atoms with E-state index < -0.39 is 27.7 Å². The summed E-state index contributed by atoms with van der Waals surface area (Å²) in [4.78, 5) is 36.6. The summed E-state index contributed by atoms with van der Waals surface area (Å²) in [5.74, 6) is -1.67. The van der Waals surface area contributed by atoms with Crippen molar-refractivity contribution in [2.24, 2.45) is 0 Å². The number of sulfonamides is 1. The second-order valence-electron chi connectivity index (χ2n) is 6.96. The monoisotopic (exact) mass is 435 g/mol. The molecule has 0 unspecified atom stereocenters. The van der Waals surface area contributed by atoms with Crippen LogP contribution in [0.3, 0.4) is 0 Å². The molecule has 4 rings (SSSR count). The van der Waals surface area contributed by atoms with Crippen LogP contribution in [0.25, 0.3) is 0 Å². The molecule has 1 aliphatic heterocycles.